The van der Waals surface area contributed by atoms with Gasteiger partial charge < -0.3 is 9.84 Å². The molecule has 1 aromatic carbocycles. The number of phenolic OH excluding ortho intramolecular Hbond substituents is 1. The van der Waals surface area contributed by atoms with E-state index < -0.39 is 10.9 Å². The van der Waals surface area contributed by atoms with E-state index in [0.717, 1.165) is 31.4 Å². The van der Waals surface area contributed by atoms with Crippen LogP contribution in [-0.2, 0) is 4.79 Å². The highest BCUT2D eigenvalue weighted by atomic mass is 16.6. The van der Waals surface area contributed by atoms with Gasteiger partial charge >= 0.3 is 5.97 Å². The molecule has 6 heteroatoms. The van der Waals surface area contributed by atoms with Gasteiger partial charge in [-0.1, -0.05) is 84.0 Å². The molecule has 0 unspecified atom stereocenters. The zero-order chi connectivity index (χ0) is 20.6. The number of hydrogen-bond donors (Lipinski definition) is 1. The Morgan fingerprint density at radius 2 is 1.43 bits per heavy atom. The molecule has 0 saturated carbocycles. The molecule has 158 valence electrons. The van der Waals surface area contributed by atoms with E-state index in [1.165, 1.54) is 70.3 Å². The maximum Gasteiger partial charge on any atom is 0.311 e. The highest BCUT2D eigenvalue weighted by Crippen LogP contribution is 2.30. The molecule has 0 saturated heterocycles. The van der Waals surface area contributed by atoms with E-state index in [-0.39, 0.29) is 23.6 Å². The lowest BCUT2D eigenvalue weighted by atomic mass is 10.0. The van der Waals surface area contributed by atoms with Gasteiger partial charge in [-0.15, -0.1) is 0 Å². The van der Waals surface area contributed by atoms with Gasteiger partial charge in [-0.2, -0.15) is 0 Å². The second kappa shape index (κ2) is 14.9. The van der Waals surface area contributed by atoms with Gasteiger partial charge in [-0.25, -0.2) is 0 Å². The molecule has 0 fully saturated rings. The van der Waals surface area contributed by atoms with Crippen LogP contribution in [0.4, 0.5) is 5.69 Å². The van der Waals surface area contributed by atoms with Crippen LogP contribution in [0.15, 0.2) is 18.2 Å². The van der Waals surface area contributed by atoms with Gasteiger partial charge in [0.15, 0.2) is 11.5 Å². The topological polar surface area (TPSA) is 89.7 Å². The Morgan fingerprint density at radius 3 is 1.93 bits per heavy atom. The maximum atomic E-state index is 11.8. The van der Waals surface area contributed by atoms with Gasteiger partial charge in [0.1, 0.15) is 0 Å². The van der Waals surface area contributed by atoms with E-state index in [4.69, 9.17) is 4.74 Å². The minimum Gasteiger partial charge on any atom is -0.504 e. The van der Waals surface area contributed by atoms with Crippen molar-refractivity contribution in [1.29, 1.82) is 0 Å². The highest BCUT2D eigenvalue weighted by molar-refractivity contribution is 5.73. The van der Waals surface area contributed by atoms with Crippen molar-refractivity contribution in [2.45, 2.75) is 96.8 Å². The Labute approximate surface area is 168 Å². The fourth-order valence-electron chi connectivity index (χ4n) is 3.16. The van der Waals surface area contributed by atoms with Gasteiger partial charge in [-0.3, -0.25) is 14.9 Å². The number of ether oxygens (including phenoxy) is 1. The summed E-state index contributed by atoms with van der Waals surface area (Å²) in [7, 11) is 0. The number of carbonyl (C=O) groups excluding carboxylic acids is 1. The third-order valence-electron chi connectivity index (χ3n) is 4.86. The molecule has 0 aliphatic carbocycles. The highest BCUT2D eigenvalue weighted by Gasteiger charge is 2.14. The molecule has 0 bridgehead atoms. The number of nitro groups is 1. The molecule has 1 rings (SSSR count). The van der Waals surface area contributed by atoms with Gasteiger partial charge in [0, 0.05) is 12.5 Å². The van der Waals surface area contributed by atoms with E-state index in [1.54, 1.807) is 0 Å². The van der Waals surface area contributed by atoms with Crippen LogP contribution in [0.2, 0.25) is 0 Å². The van der Waals surface area contributed by atoms with Crippen molar-refractivity contribution in [3.8, 4) is 11.5 Å². The molecule has 0 amide bonds. The zero-order valence-corrected chi connectivity index (χ0v) is 17.2. The van der Waals surface area contributed by atoms with Crippen molar-refractivity contribution < 1.29 is 19.6 Å². The standard InChI is InChI=1S/C22H35NO5/c1-2-3-4-5-6-7-8-9-10-11-12-13-14-15-22(25)28-21-18-19(23(26)27)16-17-20(21)24/h16-18,24H,2-15H2,1H3. The lowest BCUT2D eigenvalue weighted by Gasteiger charge is -2.06. The number of non-ortho nitro benzene ring substituents is 1. The average Bonchev–Trinajstić information content (AvgIpc) is 2.67. The van der Waals surface area contributed by atoms with Crippen molar-refractivity contribution in [3.05, 3.63) is 28.3 Å². The van der Waals surface area contributed by atoms with Crippen LogP contribution in [0.3, 0.4) is 0 Å². The minimum atomic E-state index is -0.594. The van der Waals surface area contributed by atoms with Crippen LogP contribution in [-0.4, -0.2) is 16.0 Å². The average molecular weight is 394 g/mol. The molecule has 0 radical (unpaired) electrons. The quantitative estimate of drug-likeness (QED) is 0.111. The Kier molecular flexibility index (Phi) is 12.7. The maximum absolute atomic E-state index is 11.8. The van der Waals surface area contributed by atoms with Crippen molar-refractivity contribution in [2.24, 2.45) is 0 Å². The fourth-order valence-corrected chi connectivity index (χ4v) is 3.16. The number of hydrogen-bond acceptors (Lipinski definition) is 5. The van der Waals surface area contributed by atoms with E-state index in [9.17, 15) is 20.0 Å². The number of nitro benzene ring substituents is 1. The Morgan fingerprint density at radius 1 is 0.929 bits per heavy atom. The summed E-state index contributed by atoms with van der Waals surface area (Å²) in [6, 6.07) is 3.39. The van der Waals surface area contributed by atoms with Crippen LogP contribution in [0.1, 0.15) is 96.8 Å². The summed E-state index contributed by atoms with van der Waals surface area (Å²) >= 11 is 0. The normalized spacial score (nSPS) is 10.8. The molecule has 0 aliphatic rings. The summed E-state index contributed by atoms with van der Waals surface area (Å²) in [4.78, 5) is 22.0. The summed E-state index contributed by atoms with van der Waals surface area (Å²) in [5.41, 5.74) is -0.221. The van der Waals surface area contributed by atoms with Crippen LogP contribution in [0.25, 0.3) is 0 Å². The molecule has 0 heterocycles. The van der Waals surface area contributed by atoms with Gasteiger partial charge in [-0.05, 0) is 12.5 Å². The van der Waals surface area contributed by atoms with Gasteiger partial charge in [0.25, 0.3) is 5.69 Å². The number of unbranched alkanes of at least 4 members (excludes halogenated alkanes) is 12. The third kappa shape index (κ3) is 10.9. The fraction of sp³-hybridized carbons (Fsp3) is 0.682. The molecule has 0 aliphatic heterocycles. The number of nitrogens with zero attached hydrogens (tertiary/aromatic N) is 1. The Balaban J connectivity index is 2.03. The summed E-state index contributed by atoms with van der Waals surface area (Å²) in [6.45, 7) is 2.24. The smallest absolute Gasteiger partial charge is 0.311 e. The first-order valence-corrected chi connectivity index (χ1v) is 10.7. The first kappa shape index (κ1) is 23.9. The monoisotopic (exact) mass is 393 g/mol. The second-order valence-electron chi connectivity index (χ2n) is 7.38. The molecular formula is C22H35NO5. The molecule has 0 spiro atoms. The van der Waals surface area contributed by atoms with Crippen LogP contribution < -0.4 is 4.74 Å². The summed E-state index contributed by atoms with van der Waals surface area (Å²) in [6.07, 6.45) is 16.2. The Bertz CT molecular complexity index is 588. The molecule has 6 nitrogen and oxygen atoms in total. The molecule has 1 aromatic rings. The van der Waals surface area contributed by atoms with Crippen molar-refractivity contribution in [1.82, 2.24) is 0 Å². The van der Waals surface area contributed by atoms with E-state index >= 15 is 0 Å². The molecule has 0 aromatic heterocycles. The SMILES string of the molecule is CCCCCCCCCCCCCCCC(=O)Oc1cc([N+](=O)[O-])ccc1O. The van der Waals surface area contributed by atoms with E-state index in [2.05, 4.69) is 6.92 Å². The lowest BCUT2D eigenvalue weighted by Crippen LogP contribution is -2.08. The van der Waals surface area contributed by atoms with Crippen LogP contribution >= 0.6 is 0 Å². The Hall–Kier alpha value is -2.11. The summed E-state index contributed by atoms with van der Waals surface area (Å²) in [5.74, 6) is -0.905. The largest absolute Gasteiger partial charge is 0.504 e. The van der Waals surface area contributed by atoms with E-state index in [0.29, 0.717) is 0 Å². The van der Waals surface area contributed by atoms with Crippen molar-refractivity contribution in [2.75, 3.05) is 0 Å². The van der Waals surface area contributed by atoms with Gasteiger partial charge in [0.2, 0.25) is 0 Å². The third-order valence-corrected chi connectivity index (χ3v) is 4.86. The molecular weight excluding hydrogens is 358 g/mol. The first-order chi connectivity index (χ1) is 13.5. The number of phenols is 1. The number of rotatable bonds is 16. The first-order valence-electron chi connectivity index (χ1n) is 10.7. The molecule has 0 atom stereocenters. The molecule has 28 heavy (non-hydrogen) atoms. The van der Waals surface area contributed by atoms with Gasteiger partial charge in [0.05, 0.1) is 11.0 Å². The number of esters is 1. The minimum absolute atomic E-state index is 0.158. The number of aromatic hydroxyl groups is 1. The predicted molar refractivity (Wildman–Crippen MR) is 111 cm³/mol. The van der Waals surface area contributed by atoms with E-state index in [1.807, 2.05) is 0 Å². The summed E-state index contributed by atoms with van der Waals surface area (Å²) in [5, 5.41) is 20.4. The zero-order valence-electron chi connectivity index (χ0n) is 17.2. The van der Waals surface area contributed by atoms with Crippen LogP contribution in [0, 0.1) is 10.1 Å². The van der Waals surface area contributed by atoms with Crippen molar-refractivity contribution >= 4 is 11.7 Å². The summed E-state index contributed by atoms with van der Waals surface area (Å²) < 4.78 is 5.05. The second-order valence-corrected chi connectivity index (χ2v) is 7.38. The molecule has 1 N–H and O–H groups in total. The lowest BCUT2D eigenvalue weighted by molar-refractivity contribution is -0.384. The predicted octanol–water partition coefficient (Wildman–Crippen LogP) is 6.69. The number of benzene rings is 1. The number of carbonyl (C=O) groups is 1. The van der Waals surface area contributed by atoms with Crippen LogP contribution in [0.5, 0.6) is 11.5 Å². The van der Waals surface area contributed by atoms with Crippen molar-refractivity contribution in [3.63, 3.8) is 0 Å².